The van der Waals surface area contributed by atoms with E-state index in [4.69, 9.17) is 0 Å². The van der Waals surface area contributed by atoms with Crippen molar-refractivity contribution in [2.75, 3.05) is 13.1 Å². The van der Waals surface area contributed by atoms with Crippen LogP contribution in [0.5, 0.6) is 0 Å². The minimum atomic E-state index is -0.250. The molecule has 2 fully saturated rings. The van der Waals surface area contributed by atoms with Crippen molar-refractivity contribution in [2.45, 2.75) is 31.5 Å². The summed E-state index contributed by atoms with van der Waals surface area (Å²) in [6.45, 7) is 1.88. The fraction of sp³-hybridized carbons (Fsp3) is 1.00. The van der Waals surface area contributed by atoms with Gasteiger partial charge in [0.15, 0.2) is 0 Å². The van der Waals surface area contributed by atoms with Crippen LogP contribution in [-0.4, -0.2) is 35.5 Å². The summed E-state index contributed by atoms with van der Waals surface area (Å²) in [7, 11) is 0. The van der Waals surface area contributed by atoms with Crippen LogP contribution in [0.1, 0.15) is 19.3 Å². The van der Waals surface area contributed by atoms with Crippen LogP contribution in [0.25, 0.3) is 0 Å². The van der Waals surface area contributed by atoms with Crippen LogP contribution in [0.2, 0.25) is 0 Å². The summed E-state index contributed by atoms with van der Waals surface area (Å²) in [5.74, 6) is 0. The Morgan fingerprint density at radius 2 is 1.58 bits per heavy atom. The van der Waals surface area contributed by atoms with Gasteiger partial charge < -0.3 is 15.5 Å². The lowest BCUT2D eigenvalue weighted by molar-refractivity contribution is -0.180. The number of hydrogen-bond donors (Lipinski definition) is 3. The molecular formula is C8H16ClNO2. The second kappa shape index (κ2) is 3.50. The molecule has 3 N–H and O–H groups in total. The molecule has 2 unspecified atom stereocenters. The van der Waals surface area contributed by atoms with Crippen LogP contribution >= 0.6 is 12.4 Å². The quantitative estimate of drug-likeness (QED) is 0.504. The standard InChI is InChI=1S/C8H15NO2.ClH/c10-6-5-7(11)8(6)1-3-9-4-2-8;/h6-7,9-11H,1-5H2;1H. The van der Waals surface area contributed by atoms with Gasteiger partial charge in [-0.25, -0.2) is 0 Å². The topological polar surface area (TPSA) is 52.5 Å². The molecule has 1 heterocycles. The fourth-order valence-electron chi connectivity index (χ4n) is 2.30. The van der Waals surface area contributed by atoms with Crippen molar-refractivity contribution < 1.29 is 10.2 Å². The molecule has 12 heavy (non-hydrogen) atoms. The van der Waals surface area contributed by atoms with E-state index in [-0.39, 0.29) is 30.0 Å². The molecule has 0 amide bonds. The Hall–Kier alpha value is 0.170. The van der Waals surface area contributed by atoms with Crippen molar-refractivity contribution >= 4 is 12.4 Å². The average Bonchev–Trinajstić information content (AvgIpc) is 2.07. The maximum Gasteiger partial charge on any atom is 0.0646 e. The van der Waals surface area contributed by atoms with Crippen LogP contribution in [-0.2, 0) is 0 Å². The molecule has 1 aliphatic heterocycles. The van der Waals surface area contributed by atoms with Gasteiger partial charge >= 0.3 is 0 Å². The summed E-state index contributed by atoms with van der Waals surface area (Å²) >= 11 is 0. The smallest absolute Gasteiger partial charge is 0.0646 e. The molecule has 1 aliphatic carbocycles. The molecule has 0 radical (unpaired) electrons. The third-order valence-electron chi connectivity index (χ3n) is 3.31. The van der Waals surface area contributed by atoms with E-state index in [0.29, 0.717) is 6.42 Å². The van der Waals surface area contributed by atoms with E-state index in [1.165, 1.54) is 0 Å². The number of halogens is 1. The normalized spacial score (nSPS) is 38.5. The molecular weight excluding hydrogens is 178 g/mol. The van der Waals surface area contributed by atoms with Gasteiger partial charge in [-0.1, -0.05) is 0 Å². The molecule has 1 saturated heterocycles. The van der Waals surface area contributed by atoms with Crippen molar-refractivity contribution in [1.29, 1.82) is 0 Å². The van der Waals surface area contributed by atoms with Gasteiger partial charge in [-0.2, -0.15) is 0 Å². The second-order valence-corrected chi connectivity index (χ2v) is 3.75. The highest BCUT2D eigenvalue weighted by Gasteiger charge is 2.53. The molecule has 1 saturated carbocycles. The molecule has 3 nitrogen and oxygen atoms in total. The van der Waals surface area contributed by atoms with Crippen molar-refractivity contribution in [2.24, 2.45) is 5.41 Å². The summed E-state index contributed by atoms with van der Waals surface area (Å²) in [5, 5.41) is 22.2. The zero-order chi connectivity index (χ0) is 7.90. The lowest BCUT2D eigenvalue weighted by Crippen LogP contribution is -2.60. The number of aliphatic hydroxyl groups excluding tert-OH is 2. The van der Waals surface area contributed by atoms with E-state index in [2.05, 4.69) is 5.32 Å². The minimum Gasteiger partial charge on any atom is -0.392 e. The second-order valence-electron chi connectivity index (χ2n) is 3.75. The Morgan fingerprint density at radius 3 is 1.92 bits per heavy atom. The lowest BCUT2D eigenvalue weighted by Gasteiger charge is -2.53. The van der Waals surface area contributed by atoms with Crippen molar-refractivity contribution in [1.82, 2.24) is 5.32 Å². The summed E-state index contributed by atoms with van der Waals surface area (Å²) < 4.78 is 0. The highest BCUT2D eigenvalue weighted by molar-refractivity contribution is 5.85. The summed E-state index contributed by atoms with van der Waals surface area (Å²) in [6, 6.07) is 0. The van der Waals surface area contributed by atoms with E-state index >= 15 is 0 Å². The monoisotopic (exact) mass is 193 g/mol. The van der Waals surface area contributed by atoms with E-state index in [1.54, 1.807) is 0 Å². The molecule has 4 heteroatoms. The van der Waals surface area contributed by atoms with Crippen molar-refractivity contribution in [3.63, 3.8) is 0 Å². The average molecular weight is 194 g/mol. The van der Waals surface area contributed by atoms with Gasteiger partial charge in [0.25, 0.3) is 0 Å². The van der Waals surface area contributed by atoms with Crippen LogP contribution in [0.4, 0.5) is 0 Å². The first-order valence-corrected chi connectivity index (χ1v) is 4.32. The first-order chi connectivity index (χ1) is 5.26. The molecule has 2 aliphatic rings. The molecule has 72 valence electrons. The van der Waals surface area contributed by atoms with Gasteiger partial charge in [-0.05, 0) is 25.9 Å². The summed E-state index contributed by atoms with van der Waals surface area (Å²) in [6.07, 6.45) is 1.93. The molecule has 0 bridgehead atoms. The third-order valence-corrected chi connectivity index (χ3v) is 3.31. The van der Waals surface area contributed by atoms with Crippen LogP contribution in [0, 0.1) is 5.41 Å². The Balaban J connectivity index is 0.000000720. The molecule has 2 atom stereocenters. The maximum atomic E-state index is 9.51. The number of hydrogen-bond acceptors (Lipinski definition) is 3. The van der Waals surface area contributed by atoms with E-state index < -0.39 is 0 Å². The highest BCUT2D eigenvalue weighted by Crippen LogP contribution is 2.47. The SMILES string of the molecule is Cl.OC1CC(O)C12CCNCC2. The predicted molar refractivity (Wildman–Crippen MR) is 48.4 cm³/mol. The molecule has 2 rings (SSSR count). The number of piperidine rings is 1. The van der Waals surface area contributed by atoms with Gasteiger partial charge in [-0.3, -0.25) is 0 Å². The zero-order valence-electron chi connectivity index (χ0n) is 6.99. The van der Waals surface area contributed by atoms with Gasteiger partial charge in [0.2, 0.25) is 0 Å². The summed E-state index contributed by atoms with van der Waals surface area (Å²) in [5.41, 5.74) is -0.134. The zero-order valence-corrected chi connectivity index (χ0v) is 7.81. The van der Waals surface area contributed by atoms with Crippen LogP contribution < -0.4 is 5.32 Å². The Kier molecular flexibility index (Phi) is 2.99. The van der Waals surface area contributed by atoms with Crippen LogP contribution in [0.3, 0.4) is 0 Å². The van der Waals surface area contributed by atoms with Crippen molar-refractivity contribution in [3.8, 4) is 0 Å². The summed E-state index contributed by atoms with van der Waals surface area (Å²) in [4.78, 5) is 0. The predicted octanol–water partition coefficient (Wildman–Crippen LogP) is -0.0965. The molecule has 1 spiro atoms. The number of aliphatic hydroxyl groups is 2. The lowest BCUT2D eigenvalue weighted by atomic mass is 9.59. The first kappa shape index (κ1) is 10.3. The van der Waals surface area contributed by atoms with E-state index in [9.17, 15) is 10.2 Å². The fourth-order valence-corrected chi connectivity index (χ4v) is 2.30. The van der Waals surface area contributed by atoms with Gasteiger partial charge in [-0.15, -0.1) is 12.4 Å². The van der Waals surface area contributed by atoms with Crippen molar-refractivity contribution in [3.05, 3.63) is 0 Å². The van der Waals surface area contributed by atoms with Gasteiger partial charge in [0, 0.05) is 11.8 Å². The molecule has 0 aromatic heterocycles. The molecule has 0 aromatic rings. The van der Waals surface area contributed by atoms with Gasteiger partial charge in [0.1, 0.15) is 0 Å². The Morgan fingerprint density at radius 1 is 1.08 bits per heavy atom. The highest BCUT2D eigenvalue weighted by atomic mass is 35.5. The Bertz CT molecular complexity index is 149. The third kappa shape index (κ3) is 1.25. The largest absolute Gasteiger partial charge is 0.392 e. The molecule has 0 aromatic carbocycles. The first-order valence-electron chi connectivity index (χ1n) is 4.32. The van der Waals surface area contributed by atoms with E-state index in [1.807, 2.05) is 0 Å². The minimum absolute atomic E-state index is 0. The Labute approximate surface area is 78.6 Å². The number of nitrogens with one attached hydrogen (secondary N) is 1. The van der Waals surface area contributed by atoms with Gasteiger partial charge in [0.05, 0.1) is 12.2 Å². The van der Waals surface area contributed by atoms with E-state index in [0.717, 1.165) is 25.9 Å². The van der Waals surface area contributed by atoms with Crippen LogP contribution in [0.15, 0.2) is 0 Å². The number of rotatable bonds is 0. The maximum absolute atomic E-state index is 9.51.